The fourth-order valence-electron chi connectivity index (χ4n) is 1.94. The van der Waals surface area contributed by atoms with Crippen LogP contribution in [0.1, 0.15) is 22.8 Å². The first-order valence-electron chi connectivity index (χ1n) is 7.19. The third-order valence-electron chi connectivity index (χ3n) is 3.22. The van der Waals surface area contributed by atoms with E-state index in [-0.39, 0.29) is 5.91 Å². The zero-order valence-electron chi connectivity index (χ0n) is 13.3. The summed E-state index contributed by atoms with van der Waals surface area (Å²) in [6.07, 6.45) is -0.770. The summed E-state index contributed by atoms with van der Waals surface area (Å²) >= 11 is 0. The Balaban J connectivity index is 2.00. The van der Waals surface area contributed by atoms with Crippen molar-refractivity contribution >= 4 is 17.6 Å². The molecule has 122 valence electrons. The standard InChI is InChI=1S/C18H16N2O4/c1-12(17(21)20-15-8-6-13(11-19)7-9-15)24-16-5-3-4-14(10-16)18(22)23-2/h3-10,12H,1-2H3,(H,20,21)/t12-/m0/s1. The lowest BCUT2D eigenvalue weighted by Gasteiger charge is -2.15. The Morgan fingerprint density at radius 3 is 2.50 bits per heavy atom. The van der Waals surface area contributed by atoms with Crippen LogP contribution in [0.2, 0.25) is 0 Å². The summed E-state index contributed by atoms with van der Waals surface area (Å²) in [6.45, 7) is 1.60. The topological polar surface area (TPSA) is 88.4 Å². The fourth-order valence-corrected chi connectivity index (χ4v) is 1.94. The van der Waals surface area contributed by atoms with Gasteiger partial charge in [-0.25, -0.2) is 4.79 Å². The zero-order chi connectivity index (χ0) is 17.5. The summed E-state index contributed by atoms with van der Waals surface area (Å²) in [7, 11) is 1.30. The van der Waals surface area contributed by atoms with Crippen LogP contribution in [0.4, 0.5) is 5.69 Å². The van der Waals surface area contributed by atoms with E-state index in [0.29, 0.717) is 22.6 Å². The second kappa shape index (κ2) is 7.79. The van der Waals surface area contributed by atoms with Gasteiger partial charge in [-0.3, -0.25) is 4.79 Å². The van der Waals surface area contributed by atoms with Gasteiger partial charge < -0.3 is 14.8 Å². The van der Waals surface area contributed by atoms with Gasteiger partial charge in [-0.1, -0.05) is 6.07 Å². The molecule has 0 aliphatic rings. The maximum Gasteiger partial charge on any atom is 0.337 e. The van der Waals surface area contributed by atoms with E-state index in [1.54, 1.807) is 49.4 Å². The van der Waals surface area contributed by atoms with Crippen LogP contribution in [0, 0.1) is 11.3 Å². The maximum atomic E-state index is 12.2. The summed E-state index contributed by atoms with van der Waals surface area (Å²) in [5, 5.41) is 11.4. The summed E-state index contributed by atoms with van der Waals surface area (Å²) in [5.74, 6) is -0.432. The van der Waals surface area contributed by atoms with Crippen molar-refractivity contribution < 1.29 is 19.1 Å². The van der Waals surface area contributed by atoms with E-state index in [9.17, 15) is 9.59 Å². The van der Waals surface area contributed by atoms with Gasteiger partial charge in [0.05, 0.1) is 24.3 Å². The molecule has 1 atom stereocenters. The Morgan fingerprint density at radius 1 is 1.17 bits per heavy atom. The molecule has 2 aromatic carbocycles. The Labute approximate surface area is 139 Å². The van der Waals surface area contributed by atoms with Crippen LogP contribution < -0.4 is 10.1 Å². The third kappa shape index (κ3) is 4.34. The van der Waals surface area contributed by atoms with Crippen molar-refractivity contribution in [1.29, 1.82) is 5.26 Å². The number of ether oxygens (including phenoxy) is 2. The summed E-state index contributed by atoms with van der Waals surface area (Å²) < 4.78 is 10.2. The van der Waals surface area contributed by atoms with Crippen molar-refractivity contribution in [1.82, 2.24) is 0 Å². The highest BCUT2D eigenvalue weighted by molar-refractivity contribution is 5.94. The highest BCUT2D eigenvalue weighted by atomic mass is 16.5. The number of methoxy groups -OCH3 is 1. The predicted octanol–water partition coefficient (Wildman–Crippen LogP) is 2.75. The van der Waals surface area contributed by atoms with Crippen LogP contribution in [0.25, 0.3) is 0 Å². The number of carbonyl (C=O) groups is 2. The van der Waals surface area contributed by atoms with Crippen molar-refractivity contribution in [3.8, 4) is 11.8 Å². The van der Waals surface area contributed by atoms with Crippen molar-refractivity contribution in [3.05, 3.63) is 59.7 Å². The minimum atomic E-state index is -0.770. The van der Waals surface area contributed by atoms with E-state index in [2.05, 4.69) is 10.1 Å². The van der Waals surface area contributed by atoms with Gasteiger partial charge in [-0.05, 0) is 49.4 Å². The van der Waals surface area contributed by atoms with E-state index in [1.807, 2.05) is 6.07 Å². The van der Waals surface area contributed by atoms with E-state index >= 15 is 0 Å². The first-order chi connectivity index (χ1) is 11.5. The summed E-state index contributed by atoms with van der Waals surface area (Å²) in [6, 6.07) is 14.9. The van der Waals surface area contributed by atoms with E-state index in [0.717, 1.165) is 0 Å². The predicted molar refractivity (Wildman–Crippen MR) is 87.7 cm³/mol. The molecule has 6 heteroatoms. The molecule has 0 radical (unpaired) electrons. The van der Waals surface area contributed by atoms with Gasteiger partial charge in [0, 0.05) is 5.69 Å². The van der Waals surface area contributed by atoms with Gasteiger partial charge >= 0.3 is 5.97 Å². The number of benzene rings is 2. The third-order valence-corrected chi connectivity index (χ3v) is 3.22. The second-order valence-corrected chi connectivity index (χ2v) is 4.96. The molecule has 2 rings (SSSR count). The number of nitriles is 1. The van der Waals surface area contributed by atoms with Crippen molar-refractivity contribution in [3.63, 3.8) is 0 Å². The van der Waals surface area contributed by atoms with Gasteiger partial charge in [-0.15, -0.1) is 0 Å². The van der Waals surface area contributed by atoms with E-state index in [1.165, 1.54) is 13.2 Å². The monoisotopic (exact) mass is 324 g/mol. The Bertz CT molecular complexity index is 778. The molecule has 0 aliphatic heterocycles. The molecule has 0 bridgehead atoms. The number of rotatable bonds is 5. The molecule has 1 amide bonds. The van der Waals surface area contributed by atoms with Gasteiger partial charge in [0.15, 0.2) is 6.10 Å². The lowest BCUT2D eigenvalue weighted by Crippen LogP contribution is -2.30. The number of anilines is 1. The molecule has 0 saturated carbocycles. The number of nitrogens with one attached hydrogen (secondary N) is 1. The van der Waals surface area contributed by atoms with Gasteiger partial charge in [-0.2, -0.15) is 5.26 Å². The Hall–Kier alpha value is -3.33. The molecule has 0 spiro atoms. The smallest absolute Gasteiger partial charge is 0.337 e. The molecular weight excluding hydrogens is 308 g/mol. The largest absolute Gasteiger partial charge is 0.481 e. The molecule has 2 aromatic rings. The van der Waals surface area contributed by atoms with Crippen LogP contribution in [-0.2, 0) is 9.53 Å². The second-order valence-electron chi connectivity index (χ2n) is 4.96. The fraction of sp³-hybridized carbons (Fsp3) is 0.167. The number of nitrogens with zero attached hydrogens (tertiary/aromatic N) is 1. The first-order valence-corrected chi connectivity index (χ1v) is 7.19. The summed E-state index contributed by atoms with van der Waals surface area (Å²) in [5.41, 5.74) is 1.42. The van der Waals surface area contributed by atoms with Crippen molar-refractivity contribution in [2.45, 2.75) is 13.0 Å². The van der Waals surface area contributed by atoms with Gasteiger partial charge in [0.2, 0.25) is 0 Å². The minimum absolute atomic E-state index is 0.342. The molecule has 0 saturated heterocycles. The number of hydrogen-bond donors (Lipinski definition) is 1. The van der Waals surface area contributed by atoms with Crippen LogP contribution >= 0.6 is 0 Å². The molecule has 24 heavy (non-hydrogen) atoms. The molecular formula is C18H16N2O4. The number of hydrogen-bond acceptors (Lipinski definition) is 5. The number of esters is 1. The van der Waals surface area contributed by atoms with E-state index < -0.39 is 12.1 Å². The normalized spacial score (nSPS) is 11.0. The minimum Gasteiger partial charge on any atom is -0.481 e. The lowest BCUT2D eigenvalue weighted by molar-refractivity contribution is -0.122. The molecule has 0 aromatic heterocycles. The number of carbonyl (C=O) groups excluding carboxylic acids is 2. The van der Waals surface area contributed by atoms with Gasteiger partial charge in [0.25, 0.3) is 5.91 Å². The van der Waals surface area contributed by atoms with Crippen LogP contribution in [0.3, 0.4) is 0 Å². The Kier molecular flexibility index (Phi) is 5.53. The molecule has 1 N–H and O–H groups in total. The molecule has 0 unspecified atom stereocenters. The van der Waals surface area contributed by atoms with Crippen LogP contribution in [-0.4, -0.2) is 25.1 Å². The average Bonchev–Trinajstić information content (AvgIpc) is 2.61. The van der Waals surface area contributed by atoms with Crippen LogP contribution in [0.5, 0.6) is 5.75 Å². The SMILES string of the molecule is COC(=O)c1cccc(O[C@@H](C)C(=O)Nc2ccc(C#N)cc2)c1. The molecule has 0 fully saturated rings. The first kappa shape index (κ1) is 17.0. The average molecular weight is 324 g/mol. The molecule has 0 aliphatic carbocycles. The highest BCUT2D eigenvalue weighted by Gasteiger charge is 2.16. The molecule has 6 nitrogen and oxygen atoms in total. The number of amides is 1. The summed E-state index contributed by atoms with van der Waals surface area (Å²) in [4.78, 5) is 23.7. The zero-order valence-corrected chi connectivity index (χ0v) is 13.3. The van der Waals surface area contributed by atoms with Gasteiger partial charge in [0.1, 0.15) is 5.75 Å². The van der Waals surface area contributed by atoms with Crippen molar-refractivity contribution in [2.75, 3.05) is 12.4 Å². The lowest BCUT2D eigenvalue weighted by atomic mass is 10.2. The van der Waals surface area contributed by atoms with Crippen LogP contribution in [0.15, 0.2) is 48.5 Å². The quantitative estimate of drug-likeness (QED) is 0.854. The molecule has 0 heterocycles. The Morgan fingerprint density at radius 2 is 1.88 bits per heavy atom. The van der Waals surface area contributed by atoms with Crippen molar-refractivity contribution in [2.24, 2.45) is 0 Å². The maximum absolute atomic E-state index is 12.2. The highest BCUT2D eigenvalue weighted by Crippen LogP contribution is 2.16. The van der Waals surface area contributed by atoms with E-state index in [4.69, 9.17) is 10.00 Å².